The summed E-state index contributed by atoms with van der Waals surface area (Å²) in [6.45, 7) is 3.48. The van der Waals surface area contributed by atoms with E-state index in [0.717, 1.165) is 28.8 Å². The van der Waals surface area contributed by atoms with Crippen LogP contribution in [0.15, 0.2) is 22.7 Å². The van der Waals surface area contributed by atoms with Gasteiger partial charge in [0.2, 0.25) is 5.91 Å². The van der Waals surface area contributed by atoms with Crippen LogP contribution >= 0.6 is 15.9 Å². The molecule has 80 valence electrons. The molecule has 0 saturated carbocycles. The van der Waals surface area contributed by atoms with E-state index >= 15 is 0 Å². The first-order valence-electron chi connectivity index (χ1n) is 5.05. The van der Waals surface area contributed by atoms with Crippen molar-refractivity contribution in [2.24, 2.45) is 0 Å². The average Bonchev–Trinajstić information content (AvgIpc) is 2.19. The second-order valence-corrected chi connectivity index (χ2v) is 4.55. The largest absolute Gasteiger partial charge is 0.361 e. The Morgan fingerprint density at radius 1 is 1.53 bits per heavy atom. The molecule has 0 aromatic heterocycles. The van der Waals surface area contributed by atoms with E-state index in [-0.39, 0.29) is 5.91 Å². The zero-order valence-corrected chi connectivity index (χ0v) is 10.2. The minimum atomic E-state index is 0.0678. The molecule has 0 saturated heterocycles. The van der Waals surface area contributed by atoms with Crippen LogP contribution in [0.3, 0.4) is 0 Å². The van der Waals surface area contributed by atoms with Gasteiger partial charge in [-0.3, -0.25) is 4.79 Å². The van der Waals surface area contributed by atoms with Gasteiger partial charge < -0.3 is 10.2 Å². The first-order chi connectivity index (χ1) is 7.20. The highest BCUT2D eigenvalue weighted by Gasteiger charge is 2.20. The molecule has 1 N–H and O–H groups in total. The molecule has 1 aliphatic rings. The summed E-state index contributed by atoms with van der Waals surface area (Å²) in [6.07, 6.45) is 1.04. The van der Waals surface area contributed by atoms with E-state index in [1.165, 1.54) is 0 Å². The number of carbonyl (C=O) groups is 1. The summed E-state index contributed by atoms with van der Waals surface area (Å²) in [5, 5.41) is 2.87. The molecule has 15 heavy (non-hydrogen) atoms. The number of anilines is 2. The van der Waals surface area contributed by atoms with Gasteiger partial charge in [-0.25, -0.2) is 0 Å². The Morgan fingerprint density at radius 2 is 2.33 bits per heavy atom. The van der Waals surface area contributed by atoms with E-state index in [1.54, 1.807) is 0 Å². The molecule has 0 fully saturated rings. The summed E-state index contributed by atoms with van der Waals surface area (Å²) in [5.74, 6) is 0.0678. The monoisotopic (exact) mass is 268 g/mol. The molecule has 0 aliphatic carbocycles. The van der Waals surface area contributed by atoms with Gasteiger partial charge in [-0.2, -0.15) is 0 Å². The molecule has 0 unspecified atom stereocenters. The van der Waals surface area contributed by atoms with Crippen LogP contribution in [-0.2, 0) is 4.79 Å². The van der Waals surface area contributed by atoms with Crippen LogP contribution in [0.25, 0.3) is 0 Å². The van der Waals surface area contributed by atoms with E-state index in [2.05, 4.69) is 33.1 Å². The number of rotatable bonds is 2. The molecule has 1 aliphatic heterocycles. The minimum Gasteiger partial charge on any atom is -0.361 e. The lowest BCUT2D eigenvalue weighted by Crippen LogP contribution is -2.38. The standard InChI is InChI=1S/C11H13BrN2O/c1-2-5-14-7-11(15)13-9-4-3-8(12)6-10(9)14/h3-4,6H,2,5,7H2,1H3,(H,13,15). The van der Waals surface area contributed by atoms with Gasteiger partial charge >= 0.3 is 0 Å². The van der Waals surface area contributed by atoms with Crippen LogP contribution in [0.1, 0.15) is 13.3 Å². The summed E-state index contributed by atoms with van der Waals surface area (Å²) in [5.41, 5.74) is 2.01. The highest BCUT2D eigenvalue weighted by Crippen LogP contribution is 2.32. The van der Waals surface area contributed by atoms with Crippen molar-refractivity contribution in [1.82, 2.24) is 0 Å². The van der Waals surface area contributed by atoms with Crippen LogP contribution in [0, 0.1) is 0 Å². The number of fused-ring (bicyclic) bond motifs is 1. The molecule has 0 spiro atoms. The third-order valence-corrected chi connectivity index (χ3v) is 2.90. The fourth-order valence-electron chi connectivity index (χ4n) is 1.79. The summed E-state index contributed by atoms with van der Waals surface area (Å²) in [7, 11) is 0. The maximum Gasteiger partial charge on any atom is 0.243 e. The molecule has 1 aromatic rings. The minimum absolute atomic E-state index is 0.0678. The number of nitrogens with one attached hydrogen (secondary N) is 1. The average molecular weight is 269 g/mol. The number of amides is 1. The van der Waals surface area contributed by atoms with Crippen molar-refractivity contribution in [3.8, 4) is 0 Å². The Labute approximate surface area is 97.6 Å². The molecule has 0 bridgehead atoms. The number of carbonyl (C=O) groups excluding carboxylic acids is 1. The van der Waals surface area contributed by atoms with E-state index < -0.39 is 0 Å². The second kappa shape index (κ2) is 4.23. The van der Waals surface area contributed by atoms with E-state index in [1.807, 2.05) is 18.2 Å². The van der Waals surface area contributed by atoms with Crippen LogP contribution < -0.4 is 10.2 Å². The Kier molecular flexibility index (Phi) is 2.95. The Bertz CT molecular complexity index is 392. The van der Waals surface area contributed by atoms with Gasteiger partial charge in [0.15, 0.2) is 0 Å². The lowest BCUT2D eigenvalue weighted by atomic mass is 10.2. The second-order valence-electron chi connectivity index (χ2n) is 3.63. The van der Waals surface area contributed by atoms with E-state index in [0.29, 0.717) is 6.54 Å². The Morgan fingerprint density at radius 3 is 3.07 bits per heavy atom. The fraction of sp³-hybridized carbons (Fsp3) is 0.364. The molecule has 2 rings (SSSR count). The number of halogens is 1. The maximum atomic E-state index is 11.4. The fourth-order valence-corrected chi connectivity index (χ4v) is 2.14. The molecule has 1 heterocycles. The van der Waals surface area contributed by atoms with E-state index in [4.69, 9.17) is 0 Å². The van der Waals surface area contributed by atoms with Gasteiger partial charge in [0, 0.05) is 11.0 Å². The number of nitrogens with zero attached hydrogens (tertiary/aromatic N) is 1. The van der Waals surface area contributed by atoms with Gasteiger partial charge in [0.05, 0.1) is 17.9 Å². The van der Waals surface area contributed by atoms with Crippen molar-refractivity contribution in [3.05, 3.63) is 22.7 Å². The maximum absolute atomic E-state index is 11.4. The zero-order valence-electron chi connectivity index (χ0n) is 8.59. The number of benzene rings is 1. The lowest BCUT2D eigenvalue weighted by Gasteiger charge is -2.30. The first-order valence-corrected chi connectivity index (χ1v) is 5.84. The van der Waals surface area contributed by atoms with Crippen molar-refractivity contribution in [2.75, 3.05) is 23.3 Å². The highest BCUT2D eigenvalue weighted by molar-refractivity contribution is 9.10. The van der Waals surface area contributed by atoms with Gasteiger partial charge in [-0.15, -0.1) is 0 Å². The smallest absolute Gasteiger partial charge is 0.243 e. The summed E-state index contributed by atoms with van der Waals surface area (Å²) >= 11 is 3.44. The predicted molar refractivity (Wildman–Crippen MR) is 65.3 cm³/mol. The Balaban J connectivity index is 2.38. The number of hydrogen-bond acceptors (Lipinski definition) is 2. The summed E-state index contributed by atoms with van der Waals surface area (Å²) < 4.78 is 1.04. The molecule has 1 aromatic carbocycles. The SMILES string of the molecule is CCCN1CC(=O)Nc2ccc(Br)cc21. The van der Waals surface area contributed by atoms with Crippen molar-refractivity contribution < 1.29 is 4.79 Å². The molecular formula is C11H13BrN2O. The topological polar surface area (TPSA) is 32.3 Å². The van der Waals surface area contributed by atoms with Crippen LogP contribution in [-0.4, -0.2) is 19.0 Å². The normalized spacial score (nSPS) is 14.8. The molecular weight excluding hydrogens is 256 g/mol. The predicted octanol–water partition coefficient (Wildman–Crippen LogP) is 2.62. The van der Waals surface area contributed by atoms with Crippen LogP contribution in [0.2, 0.25) is 0 Å². The molecule has 0 radical (unpaired) electrons. The van der Waals surface area contributed by atoms with Crippen molar-refractivity contribution in [3.63, 3.8) is 0 Å². The van der Waals surface area contributed by atoms with Gasteiger partial charge in [-0.1, -0.05) is 22.9 Å². The van der Waals surface area contributed by atoms with Gasteiger partial charge in [0.25, 0.3) is 0 Å². The van der Waals surface area contributed by atoms with Gasteiger partial charge in [-0.05, 0) is 24.6 Å². The van der Waals surface area contributed by atoms with Crippen LogP contribution in [0.4, 0.5) is 11.4 Å². The lowest BCUT2D eigenvalue weighted by molar-refractivity contribution is -0.115. The van der Waals surface area contributed by atoms with Gasteiger partial charge in [0.1, 0.15) is 0 Å². The molecule has 3 nitrogen and oxygen atoms in total. The van der Waals surface area contributed by atoms with Crippen molar-refractivity contribution in [2.45, 2.75) is 13.3 Å². The number of hydrogen-bond donors (Lipinski definition) is 1. The van der Waals surface area contributed by atoms with Crippen molar-refractivity contribution in [1.29, 1.82) is 0 Å². The molecule has 0 atom stereocenters. The quantitative estimate of drug-likeness (QED) is 0.895. The summed E-state index contributed by atoms with van der Waals surface area (Å²) in [6, 6.07) is 5.91. The first kappa shape index (κ1) is 10.5. The Hall–Kier alpha value is -1.03. The third kappa shape index (κ3) is 2.15. The molecule has 4 heteroatoms. The van der Waals surface area contributed by atoms with Crippen molar-refractivity contribution >= 4 is 33.2 Å². The summed E-state index contributed by atoms with van der Waals surface area (Å²) in [4.78, 5) is 13.5. The third-order valence-electron chi connectivity index (χ3n) is 2.40. The highest BCUT2D eigenvalue weighted by atomic mass is 79.9. The van der Waals surface area contributed by atoms with E-state index in [9.17, 15) is 4.79 Å². The molecule has 1 amide bonds. The zero-order chi connectivity index (χ0) is 10.8. The van der Waals surface area contributed by atoms with Crippen LogP contribution in [0.5, 0.6) is 0 Å².